The van der Waals surface area contributed by atoms with Crippen molar-refractivity contribution in [3.8, 4) is 23.0 Å². The molecule has 2 heterocycles. The molecule has 2 aromatic carbocycles. The number of phenols is 1. The lowest BCUT2D eigenvalue weighted by atomic mass is 9.99. The number of fused-ring (bicyclic) bond motifs is 1. The predicted octanol–water partition coefficient (Wildman–Crippen LogP) is 4.26. The van der Waals surface area contributed by atoms with Crippen LogP contribution in [0, 0.1) is 5.92 Å². The van der Waals surface area contributed by atoms with Crippen LogP contribution in [0.5, 0.6) is 23.0 Å². The standard InChI is InChI=1S/C24H27NO5/c1-15-6-5-11-25(13-15)14-18-19(26)10-9-17-22(27)21(30-24(17)18)12-16-7-4-8-20(28-2)23(16)29-3/h4,7-10,12,15,26H,5-6,11,13-14H2,1-3H3/t15-/m0/s1. The minimum atomic E-state index is -0.205. The fourth-order valence-electron chi connectivity index (χ4n) is 4.27. The van der Waals surface area contributed by atoms with Crippen LogP contribution in [-0.2, 0) is 6.54 Å². The highest BCUT2D eigenvalue weighted by Crippen LogP contribution is 2.41. The zero-order chi connectivity index (χ0) is 21.3. The summed E-state index contributed by atoms with van der Waals surface area (Å²) in [7, 11) is 3.13. The Balaban J connectivity index is 1.67. The van der Waals surface area contributed by atoms with Crippen molar-refractivity contribution in [1.82, 2.24) is 4.90 Å². The summed E-state index contributed by atoms with van der Waals surface area (Å²) in [5.41, 5.74) is 1.82. The van der Waals surface area contributed by atoms with Gasteiger partial charge in [0.1, 0.15) is 11.5 Å². The first-order valence-electron chi connectivity index (χ1n) is 10.2. The van der Waals surface area contributed by atoms with E-state index in [-0.39, 0.29) is 17.3 Å². The van der Waals surface area contributed by atoms with E-state index in [1.54, 1.807) is 38.5 Å². The number of ether oxygens (including phenoxy) is 3. The molecule has 1 saturated heterocycles. The molecule has 0 unspecified atom stereocenters. The number of carbonyl (C=O) groups excluding carboxylic acids is 1. The summed E-state index contributed by atoms with van der Waals surface area (Å²) in [4.78, 5) is 15.3. The maximum atomic E-state index is 13.0. The quantitative estimate of drug-likeness (QED) is 0.745. The molecule has 0 amide bonds. The molecule has 4 rings (SSSR count). The number of ketones is 1. The lowest BCUT2D eigenvalue weighted by molar-refractivity contribution is 0.101. The molecule has 6 heteroatoms. The number of Topliss-reactive ketones (excluding diaryl/α,β-unsaturated/α-hetero) is 1. The number of rotatable bonds is 5. The van der Waals surface area contributed by atoms with E-state index in [1.807, 2.05) is 12.1 Å². The monoisotopic (exact) mass is 409 g/mol. The number of nitrogens with zero attached hydrogens (tertiary/aromatic N) is 1. The molecular weight excluding hydrogens is 382 g/mol. The number of likely N-dealkylation sites (tertiary alicyclic amines) is 1. The Morgan fingerprint density at radius 2 is 2.07 bits per heavy atom. The summed E-state index contributed by atoms with van der Waals surface area (Å²) in [6.07, 6.45) is 4.02. The van der Waals surface area contributed by atoms with Gasteiger partial charge in [0.25, 0.3) is 0 Å². The van der Waals surface area contributed by atoms with E-state index in [0.29, 0.717) is 46.4 Å². The minimum Gasteiger partial charge on any atom is -0.507 e. The third-order valence-electron chi connectivity index (χ3n) is 5.76. The Bertz CT molecular complexity index is 997. The first-order chi connectivity index (χ1) is 14.5. The van der Waals surface area contributed by atoms with Crippen molar-refractivity contribution in [2.45, 2.75) is 26.3 Å². The van der Waals surface area contributed by atoms with Crippen LogP contribution in [0.15, 0.2) is 36.1 Å². The van der Waals surface area contributed by atoms with Crippen LogP contribution in [0.3, 0.4) is 0 Å². The van der Waals surface area contributed by atoms with E-state index < -0.39 is 0 Å². The van der Waals surface area contributed by atoms with E-state index in [9.17, 15) is 9.90 Å². The number of allylic oxidation sites excluding steroid dienone is 1. The highest BCUT2D eigenvalue weighted by atomic mass is 16.5. The highest BCUT2D eigenvalue weighted by Gasteiger charge is 2.32. The van der Waals surface area contributed by atoms with Crippen molar-refractivity contribution >= 4 is 11.9 Å². The third-order valence-corrected chi connectivity index (χ3v) is 5.76. The Morgan fingerprint density at radius 3 is 2.80 bits per heavy atom. The fourth-order valence-corrected chi connectivity index (χ4v) is 4.27. The highest BCUT2D eigenvalue weighted by molar-refractivity contribution is 6.15. The Hall–Kier alpha value is -2.99. The smallest absolute Gasteiger partial charge is 0.231 e. The third kappa shape index (κ3) is 3.75. The predicted molar refractivity (Wildman–Crippen MR) is 114 cm³/mol. The second kappa shape index (κ2) is 8.40. The van der Waals surface area contributed by atoms with Crippen LogP contribution in [0.4, 0.5) is 0 Å². The summed E-state index contributed by atoms with van der Waals surface area (Å²) < 4.78 is 16.8. The van der Waals surface area contributed by atoms with Gasteiger partial charge >= 0.3 is 0 Å². The van der Waals surface area contributed by atoms with Gasteiger partial charge in [-0.2, -0.15) is 0 Å². The van der Waals surface area contributed by atoms with E-state index in [4.69, 9.17) is 14.2 Å². The SMILES string of the molecule is COc1cccc(C=C2Oc3c(ccc(O)c3CN3CCC[C@H](C)C3)C2=O)c1OC. The molecule has 0 aromatic heterocycles. The van der Waals surface area contributed by atoms with Gasteiger partial charge in [-0.3, -0.25) is 9.69 Å². The second-order valence-electron chi connectivity index (χ2n) is 7.94. The molecule has 2 aliphatic rings. The molecule has 0 saturated carbocycles. The van der Waals surface area contributed by atoms with Gasteiger partial charge in [0.2, 0.25) is 5.78 Å². The second-order valence-corrected chi connectivity index (χ2v) is 7.94. The first kappa shape index (κ1) is 20.3. The van der Waals surface area contributed by atoms with Gasteiger partial charge in [0, 0.05) is 18.7 Å². The molecule has 1 fully saturated rings. The van der Waals surface area contributed by atoms with E-state index in [1.165, 1.54) is 6.42 Å². The van der Waals surface area contributed by atoms with Crippen molar-refractivity contribution in [1.29, 1.82) is 0 Å². The molecule has 30 heavy (non-hydrogen) atoms. The normalized spacial score (nSPS) is 20.2. The number of methoxy groups -OCH3 is 2. The molecule has 158 valence electrons. The lowest BCUT2D eigenvalue weighted by Crippen LogP contribution is -2.33. The van der Waals surface area contributed by atoms with E-state index in [2.05, 4.69) is 11.8 Å². The molecular formula is C24H27NO5. The van der Waals surface area contributed by atoms with Crippen molar-refractivity contribution in [3.63, 3.8) is 0 Å². The number of hydrogen-bond donors (Lipinski definition) is 1. The van der Waals surface area contributed by atoms with Gasteiger partial charge in [-0.15, -0.1) is 0 Å². The summed E-state index contributed by atoms with van der Waals surface area (Å²) in [5, 5.41) is 10.5. The molecule has 2 aliphatic heterocycles. The van der Waals surface area contributed by atoms with Gasteiger partial charge in [0.05, 0.1) is 25.3 Å². The largest absolute Gasteiger partial charge is 0.507 e. The van der Waals surface area contributed by atoms with Crippen molar-refractivity contribution in [2.24, 2.45) is 5.92 Å². The van der Waals surface area contributed by atoms with Crippen LogP contribution in [-0.4, -0.2) is 43.1 Å². The Morgan fingerprint density at radius 1 is 1.23 bits per heavy atom. The molecule has 0 radical (unpaired) electrons. The Kier molecular flexibility index (Phi) is 5.68. The maximum Gasteiger partial charge on any atom is 0.231 e. The maximum absolute atomic E-state index is 13.0. The zero-order valence-electron chi connectivity index (χ0n) is 17.6. The van der Waals surface area contributed by atoms with Crippen molar-refractivity contribution in [3.05, 3.63) is 52.8 Å². The minimum absolute atomic E-state index is 0.153. The van der Waals surface area contributed by atoms with Crippen LogP contribution < -0.4 is 14.2 Å². The number of piperidine rings is 1. The van der Waals surface area contributed by atoms with Gasteiger partial charge in [-0.1, -0.05) is 19.1 Å². The molecule has 0 spiro atoms. The van der Waals surface area contributed by atoms with Crippen molar-refractivity contribution in [2.75, 3.05) is 27.3 Å². The molecule has 0 aliphatic carbocycles. The molecule has 0 bridgehead atoms. The van der Waals surface area contributed by atoms with Gasteiger partial charge in [-0.25, -0.2) is 0 Å². The van der Waals surface area contributed by atoms with Crippen LogP contribution >= 0.6 is 0 Å². The van der Waals surface area contributed by atoms with Crippen LogP contribution in [0.1, 0.15) is 41.3 Å². The zero-order valence-corrected chi connectivity index (χ0v) is 17.6. The number of phenolic OH excluding ortho intramolecular Hbond substituents is 1. The summed E-state index contributed by atoms with van der Waals surface area (Å²) in [5.74, 6) is 2.33. The lowest BCUT2D eigenvalue weighted by Gasteiger charge is -2.31. The van der Waals surface area contributed by atoms with Crippen LogP contribution in [0.2, 0.25) is 0 Å². The molecule has 1 N–H and O–H groups in total. The molecule has 6 nitrogen and oxygen atoms in total. The summed E-state index contributed by atoms with van der Waals surface area (Å²) in [6.45, 7) is 4.75. The summed E-state index contributed by atoms with van der Waals surface area (Å²) in [6, 6.07) is 8.66. The summed E-state index contributed by atoms with van der Waals surface area (Å²) >= 11 is 0. The number of aromatic hydroxyl groups is 1. The number of carbonyl (C=O) groups is 1. The van der Waals surface area contributed by atoms with Crippen molar-refractivity contribution < 1.29 is 24.1 Å². The average Bonchev–Trinajstić information content (AvgIpc) is 3.05. The van der Waals surface area contributed by atoms with E-state index >= 15 is 0 Å². The van der Waals surface area contributed by atoms with E-state index in [0.717, 1.165) is 19.5 Å². The topological polar surface area (TPSA) is 68.2 Å². The first-order valence-corrected chi connectivity index (χ1v) is 10.2. The average molecular weight is 409 g/mol. The number of hydrogen-bond acceptors (Lipinski definition) is 6. The fraction of sp³-hybridized carbons (Fsp3) is 0.375. The van der Waals surface area contributed by atoms with Gasteiger partial charge in [0.15, 0.2) is 17.3 Å². The van der Waals surface area contributed by atoms with Gasteiger partial charge < -0.3 is 19.3 Å². The molecule has 2 aromatic rings. The number of benzene rings is 2. The van der Waals surface area contributed by atoms with Crippen LogP contribution in [0.25, 0.3) is 6.08 Å². The Labute approximate surface area is 176 Å². The molecule has 1 atom stereocenters. The number of para-hydroxylation sites is 1. The van der Waals surface area contributed by atoms with Gasteiger partial charge in [-0.05, 0) is 49.6 Å².